The average molecular weight is 506 g/mol. The van der Waals surface area contributed by atoms with Crippen molar-refractivity contribution in [3.63, 3.8) is 0 Å². The van der Waals surface area contributed by atoms with Crippen LogP contribution in [0, 0.1) is 6.92 Å². The summed E-state index contributed by atoms with van der Waals surface area (Å²) >= 11 is 4.57. The number of aromatic nitrogens is 3. The van der Waals surface area contributed by atoms with Crippen LogP contribution in [0.1, 0.15) is 20.9 Å². The number of hydrazone groups is 1. The van der Waals surface area contributed by atoms with Gasteiger partial charge in [-0.25, -0.2) is 15.1 Å². The number of amides is 1. The summed E-state index contributed by atoms with van der Waals surface area (Å²) in [6.45, 7) is 1.89. The van der Waals surface area contributed by atoms with E-state index in [1.165, 1.54) is 11.3 Å². The molecule has 0 radical (unpaired) electrons. The van der Waals surface area contributed by atoms with Crippen molar-refractivity contribution >= 4 is 60.5 Å². The summed E-state index contributed by atoms with van der Waals surface area (Å²) in [5.41, 5.74) is 5.65. The predicted octanol–water partition coefficient (Wildman–Crippen LogP) is 5.18. The first-order chi connectivity index (χ1) is 15.5. The summed E-state index contributed by atoms with van der Waals surface area (Å²) in [5.74, 6) is -0.596. The van der Waals surface area contributed by atoms with Gasteiger partial charge in [-0.3, -0.25) is 4.79 Å². The van der Waals surface area contributed by atoms with Crippen LogP contribution in [-0.2, 0) is 0 Å². The smallest absolute Gasteiger partial charge is 0.285 e. The second-order valence-electron chi connectivity index (χ2n) is 7.06. The Morgan fingerprint density at radius 2 is 1.94 bits per heavy atom. The monoisotopic (exact) mass is 505 g/mol. The molecule has 0 bridgehead atoms. The summed E-state index contributed by atoms with van der Waals surface area (Å²) in [6.07, 6.45) is 3.12. The summed E-state index contributed by atoms with van der Waals surface area (Å²) in [7, 11) is 0. The summed E-state index contributed by atoms with van der Waals surface area (Å²) in [4.78, 5) is 17.4. The fourth-order valence-corrected chi connectivity index (χ4v) is 4.85. The van der Waals surface area contributed by atoms with Gasteiger partial charge in [-0.1, -0.05) is 46.3 Å². The maximum Gasteiger partial charge on any atom is 0.285 e. The lowest BCUT2D eigenvalue weighted by molar-refractivity contribution is 0.0957. The zero-order valence-electron chi connectivity index (χ0n) is 16.8. The molecule has 0 saturated carbocycles. The van der Waals surface area contributed by atoms with Crippen molar-refractivity contribution < 1.29 is 9.90 Å². The van der Waals surface area contributed by atoms with E-state index >= 15 is 0 Å². The molecule has 0 fully saturated rings. The van der Waals surface area contributed by atoms with Gasteiger partial charge in [0.2, 0.25) is 0 Å². The van der Waals surface area contributed by atoms with E-state index in [9.17, 15) is 9.90 Å². The Labute approximate surface area is 195 Å². The fraction of sp³-hybridized carbons (Fsp3) is 0.0435. The lowest BCUT2D eigenvalue weighted by Gasteiger charge is -2.01. The number of hydrogen-bond acceptors (Lipinski definition) is 6. The molecular formula is C23H16BrN5O2S. The molecule has 9 heteroatoms. The fourth-order valence-electron chi connectivity index (χ4n) is 3.43. The van der Waals surface area contributed by atoms with E-state index in [0.717, 1.165) is 31.5 Å². The molecule has 3 aromatic heterocycles. The highest BCUT2D eigenvalue weighted by atomic mass is 79.9. The van der Waals surface area contributed by atoms with Crippen molar-refractivity contribution in [2.45, 2.75) is 6.92 Å². The van der Waals surface area contributed by atoms with Gasteiger partial charge in [-0.15, -0.1) is 11.3 Å². The van der Waals surface area contributed by atoms with Crippen molar-refractivity contribution in [1.82, 2.24) is 20.2 Å². The molecule has 1 amide bonds. The molecule has 5 rings (SSSR count). The minimum atomic E-state index is -0.488. The van der Waals surface area contributed by atoms with E-state index in [-0.39, 0.29) is 10.6 Å². The Kier molecular flexibility index (Phi) is 5.20. The second-order valence-corrected chi connectivity index (χ2v) is 9.00. The molecule has 2 aromatic carbocycles. The Balaban J connectivity index is 1.51. The Morgan fingerprint density at radius 1 is 1.19 bits per heavy atom. The van der Waals surface area contributed by atoms with Gasteiger partial charge in [-0.2, -0.15) is 10.2 Å². The van der Waals surface area contributed by atoms with Crippen LogP contribution in [0.2, 0.25) is 0 Å². The van der Waals surface area contributed by atoms with E-state index in [1.807, 2.05) is 61.5 Å². The molecule has 7 nitrogen and oxygen atoms in total. The number of rotatable bonds is 4. The van der Waals surface area contributed by atoms with Crippen LogP contribution in [0.25, 0.3) is 26.8 Å². The third kappa shape index (κ3) is 3.55. The molecule has 32 heavy (non-hydrogen) atoms. The number of aryl methyl sites for hydroxylation is 1. The van der Waals surface area contributed by atoms with E-state index in [1.54, 1.807) is 17.1 Å². The highest BCUT2D eigenvalue weighted by Crippen LogP contribution is 2.41. The molecule has 2 N–H and O–H groups in total. The topological polar surface area (TPSA) is 92.4 Å². The number of fused-ring (bicyclic) bond motifs is 3. The molecule has 0 aliphatic carbocycles. The molecule has 0 atom stereocenters. The van der Waals surface area contributed by atoms with Crippen molar-refractivity contribution in [3.05, 3.63) is 81.4 Å². The molecule has 0 aliphatic rings. The van der Waals surface area contributed by atoms with Gasteiger partial charge in [0.1, 0.15) is 10.6 Å². The minimum absolute atomic E-state index is 0.109. The summed E-state index contributed by atoms with van der Waals surface area (Å²) < 4.78 is 3.48. The van der Waals surface area contributed by atoms with Gasteiger partial charge in [0.05, 0.1) is 33.1 Å². The number of hydrogen-bond donors (Lipinski definition) is 2. The van der Waals surface area contributed by atoms with Crippen LogP contribution < -0.4 is 5.43 Å². The third-order valence-corrected chi connectivity index (χ3v) is 6.69. The number of carbonyl (C=O) groups excluding carboxylic acids is 1. The molecule has 3 heterocycles. The van der Waals surface area contributed by atoms with Gasteiger partial charge >= 0.3 is 0 Å². The van der Waals surface area contributed by atoms with Crippen LogP contribution in [0.5, 0.6) is 5.75 Å². The van der Waals surface area contributed by atoms with Crippen LogP contribution in [0.4, 0.5) is 0 Å². The Hall–Kier alpha value is -3.56. The first kappa shape index (κ1) is 20.3. The van der Waals surface area contributed by atoms with Crippen molar-refractivity contribution in [1.29, 1.82) is 0 Å². The first-order valence-electron chi connectivity index (χ1n) is 9.67. The van der Waals surface area contributed by atoms with Gasteiger partial charge in [0.25, 0.3) is 5.91 Å². The number of benzene rings is 2. The number of carbonyl (C=O) groups is 1. The molecule has 0 saturated heterocycles. The normalized spacial score (nSPS) is 11.6. The van der Waals surface area contributed by atoms with Crippen molar-refractivity contribution in [3.8, 4) is 11.4 Å². The molecule has 0 unspecified atom stereocenters. The predicted molar refractivity (Wildman–Crippen MR) is 130 cm³/mol. The number of pyridine rings is 1. The highest BCUT2D eigenvalue weighted by Gasteiger charge is 2.22. The third-order valence-electron chi connectivity index (χ3n) is 4.95. The SMILES string of the molecule is Cc1nn(-c2ccccc2)c2ncc3c(O)c(C(=O)N/N=C/c4ccc(Br)cc4)sc3c12. The van der Waals surface area contributed by atoms with E-state index < -0.39 is 5.91 Å². The van der Waals surface area contributed by atoms with Crippen LogP contribution in [0.3, 0.4) is 0 Å². The maximum absolute atomic E-state index is 12.7. The minimum Gasteiger partial charge on any atom is -0.506 e. The highest BCUT2D eigenvalue weighted by molar-refractivity contribution is 9.10. The standard InChI is InChI=1S/C23H16BrN5O2S/c1-13-18-20-17(12-25-22(18)29(28-13)16-5-3-2-4-6-16)19(30)21(32-20)23(31)27-26-11-14-7-9-15(24)10-8-14/h2-12,30H,1H3,(H,27,31)/b26-11+. The molecular weight excluding hydrogens is 490 g/mol. The number of para-hydroxylation sites is 1. The average Bonchev–Trinajstić information content (AvgIpc) is 3.33. The van der Waals surface area contributed by atoms with Gasteiger partial charge < -0.3 is 5.11 Å². The van der Waals surface area contributed by atoms with Gasteiger partial charge in [0.15, 0.2) is 5.65 Å². The zero-order valence-corrected chi connectivity index (χ0v) is 19.2. The quantitative estimate of drug-likeness (QED) is 0.260. The van der Waals surface area contributed by atoms with E-state index in [4.69, 9.17) is 0 Å². The lowest BCUT2D eigenvalue weighted by Crippen LogP contribution is -2.16. The second kappa shape index (κ2) is 8.18. The van der Waals surface area contributed by atoms with E-state index in [2.05, 4.69) is 36.5 Å². The molecule has 0 spiro atoms. The van der Waals surface area contributed by atoms with E-state index in [0.29, 0.717) is 11.0 Å². The van der Waals surface area contributed by atoms with Crippen LogP contribution in [-0.4, -0.2) is 32.0 Å². The van der Waals surface area contributed by atoms with Crippen molar-refractivity contribution in [2.24, 2.45) is 5.10 Å². The summed E-state index contributed by atoms with van der Waals surface area (Å²) in [5, 5.41) is 20.7. The largest absolute Gasteiger partial charge is 0.506 e. The first-order valence-corrected chi connectivity index (χ1v) is 11.3. The maximum atomic E-state index is 12.7. The number of nitrogens with zero attached hydrogens (tertiary/aromatic N) is 4. The Bertz CT molecular complexity index is 1490. The van der Waals surface area contributed by atoms with Crippen molar-refractivity contribution in [2.75, 3.05) is 0 Å². The number of thiophene rings is 1. The Morgan fingerprint density at radius 3 is 2.69 bits per heavy atom. The lowest BCUT2D eigenvalue weighted by atomic mass is 10.2. The zero-order chi connectivity index (χ0) is 22.2. The number of aromatic hydroxyl groups is 1. The van der Waals surface area contributed by atoms with Crippen LogP contribution >= 0.6 is 27.3 Å². The summed E-state index contributed by atoms with van der Waals surface area (Å²) in [6, 6.07) is 17.2. The number of halogens is 1. The number of nitrogens with one attached hydrogen (secondary N) is 1. The molecule has 5 aromatic rings. The van der Waals surface area contributed by atoms with Gasteiger partial charge in [-0.05, 0) is 36.8 Å². The van der Waals surface area contributed by atoms with Gasteiger partial charge in [0, 0.05) is 10.7 Å². The van der Waals surface area contributed by atoms with Crippen LogP contribution in [0.15, 0.2) is 70.4 Å². The molecule has 0 aliphatic heterocycles. The molecule has 158 valence electrons.